The normalized spacial score (nSPS) is 19.3. The molecule has 0 saturated heterocycles. The molecule has 0 aliphatic heterocycles. The lowest BCUT2D eigenvalue weighted by Crippen LogP contribution is -2.41. The van der Waals surface area contributed by atoms with E-state index < -0.39 is 43.4 Å². The lowest BCUT2D eigenvalue weighted by Gasteiger charge is -2.27. The first-order chi connectivity index (χ1) is 10.8. The van der Waals surface area contributed by atoms with Crippen molar-refractivity contribution in [1.29, 1.82) is 0 Å². The van der Waals surface area contributed by atoms with Crippen molar-refractivity contribution < 1.29 is 28.7 Å². The van der Waals surface area contributed by atoms with Gasteiger partial charge in [0.05, 0.1) is 13.2 Å². The predicted octanol–water partition coefficient (Wildman–Crippen LogP) is 2.48. The summed E-state index contributed by atoms with van der Waals surface area (Å²) in [5.74, 6) is -2.80. The van der Waals surface area contributed by atoms with Crippen molar-refractivity contribution >= 4 is 11.9 Å². The molecule has 0 fully saturated rings. The van der Waals surface area contributed by atoms with Gasteiger partial charge in [-0.1, -0.05) is 19.3 Å². The quantitative estimate of drug-likeness (QED) is 0.377. The van der Waals surface area contributed by atoms with Crippen LogP contribution in [-0.4, -0.2) is 25.2 Å². The Morgan fingerprint density at radius 3 is 2.24 bits per heavy atom. The number of hydrogen-bond acceptors (Lipinski definition) is 4. The summed E-state index contributed by atoms with van der Waals surface area (Å²) in [6, 6.07) is 0. The SMILES string of the molecule is [2H]C([2H])([2H])C([2H])([2H])C([2H])([2H])C(CC=C)(C(=O)OCC)C(=O)OCC. The fourth-order valence-corrected chi connectivity index (χ4v) is 1.23. The standard InChI is InChI=1S/C13H22O4/c1-5-9-13(10-6-2,11(14)16-7-3)12(15)17-8-4/h5H,1,6-10H2,2-4H3/i2D3,6D2,10D2. The zero-order chi connectivity index (χ0) is 19.4. The minimum absolute atomic E-state index is 0.218. The zero-order valence-corrected chi connectivity index (χ0v) is 10.0. The smallest absolute Gasteiger partial charge is 0.323 e. The van der Waals surface area contributed by atoms with Gasteiger partial charge in [-0.05, 0) is 26.6 Å². The largest absolute Gasteiger partial charge is 0.465 e. The van der Waals surface area contributed by atoms with E-state index >= 15 is 0 Å². The average molecular weight is 249 g/mol. The van der Waals surface area contributed by atoms with E-state index in [1.807, 2.05) is 0 Å². The lowest BCUT2D eigenvalue weighted by atomic mass is 9.80. The minimum atomic E-state index is -3.54. The van der Waals surface area contributed by atoms with Crippen LogP contribution in [0.1, 0.15) is 49.5 Å². The highest BCUT2D eigenvalue weighted by atomic mass is 16.6. The highest BCUT2D eigenvalue weighted by molar-refractivity contribution is 6.00. The van der Waals surface area contributed by atoms with Gasteiger partial charge in [-0.25, -0.2) is 0 Å². The molecule has 0 bridgehead atoms. The summed E-state index contributed by atoms with van der Waals surface area (Å²) in [6.07, 6.45) is -6.67. The van der Waals surface area contributed by atoms with Gasteiger partial charge in [0.15, 0.2) is 5.41 Å². The highest BCUT2D eigenvalue weighted by Gasteiger charge is 2.46. The first kappa shape index (κ1) is 7.19. The molecule has 17 heavy (non-hydrogen) atoms. The Morgan fingerprint density at radius 1 is 1.35 bits per heavy atom. The zero-order valence-electron chi connectivity index (χ0n) is 17.0. The Labute approximate surface area is 113 Å². The second-order valence-corrected chi connectivity index (χ2v) is 3.09. The van der Waals surface area contributed by atoms with E-state index in [0.717, 1.165) is 6.08 Å². The van der Waals surface area contributed by atoms with E-state index in [0.29, 0.717) is 0 Å². The van der Waals surface area contributed by atoms with Crippen LogP contribution in [0.3, 0.4) is 0 Å². The van der Waals surface area contributed by atoms with Crippen molar-refractivity contribution in [2.24, 2.45) is 5.41 Å². The maximum Gasteiger partial charge on any atom is 0.323 e. The van der Waals surface area contributed by atoms with Gasteiger partial charge in [0, 0.05) is 9.60 Å². The third kappa shape index (κ3) is 3.88. The summed E-state index contributed by atoms with van der Waals surface area (Å²) < 4.78 is 63.0. The second kappa shape index (κ2) is 7.87. The van der Waals surface area contributed by atoms with Crippen LogP contribution in [-0.2, 0) is 19.1 Å². The number of esters is 2. The third-order valence-corrected chi connectivity index (χ3v) is 1.97. The molecule has 0 amide bonds. The van der Waals surface area contributed by atoms with E-state index in [1.54, 1.807) is 0 Å². The van der Waals surface area contributed by atoms with Gasteiger partial charge in [0.1, 0.15) is 0 Å². The van der Waals surface area contributed by atoms with Crippen molar-refractivity contribution in [1.82, 2.24) is 0 Å². The molecule has 0 heterocycles. The van der Waals surface area contributed by atoms with E-state index in [-0.39, 0.29) is 13.2 Å². The summed E-state index contributed by atoms with van der Waals surface area (Å²) in [6.45, 7) is 2.29. The molecule has 4 heteroatoms. The van der Waals surface area contributed by atoms with E-state index in [4.69, 9.17) is 19.1 Å². The van der Waals surface area contributed by atoms with Crippen LogP contribution in [0.4, 0.5) is 0 Å². The molecule has 0 rings (SSSR count). The van der Waals surface area contributed by atoms with Crippen LogP contribution in [0, 0.1) is 5.41 Å². The van der Waals surface area contributed by atoms with Gasteiger partial charge in [-0.15, -0.1) is 6.58 Å². The van der Waals surface area contributed by atoms with Crippen LogP contribution in [0.2, 0.25) is 0 Å². The Kier molecular flexibility index (Phi) is 3.33. The molecular formula is C13H22O4. The predicted molar refractivity (Wildman–Crippen MR) is 65.4 cm³/mol. The van der Waals surface area contributed by atoms with Gasteiger partial charge in [0.25, 0.3) is 0 Å². The maximum atomic E-state index is 12.4. The van der Waals surface area contributed by atoms with Gasteiger partial charge in [-0.2, -0.15) is 0 Å². The Bertz CT molecular complexity index is 467. The fourth-order valence-electron chi connectivity index (χ4n) is 1.23. The van der Waals surface area contributed by atoms with Gasteiger partial charge >= 0.3 is 11.9 Å². The van der Waals surface area contributed by atoms with Gasteiger partial charge in [-0.3, -0.25) is 9.59 Å². The van der Waals surface area contributed by atoms with E-state index in [2.05, 4.69) is 6.58 Å². The third-order valence-electron chi connectivity index (χ3n) is 1.97. The first-order valence-electron chi connectivity index (χ1n) is 8.73. The van der Waals surface area contributed by atoms with Crippen molar-refractivity contribution in [2.75, 3.05) is 13.2 Å². The van der Waals surface area contributed by atoms with Gasteiger partial charge in [0.2, 0.25) is 0 Å². The highest BCUT2D eigenvalue weighted by Crippen LogP contribution is 2.32. The molecule has 0 atom stereocenters. The number of rotatable bonds is 8. The van der Waals surface area contributed by atoms with Gasteiger partial charge < -0.3 is 9.47 Å². The number of ether oxygens (including phenoxy) is 2. The number of carbonyl (C=O) groups is 2. The van der Waals surface area contributed by atoms with Crippen molar-refractivity contribution in [3.8, 4) is 0 Å². The number of carbonyl (C=O) groups excluding carboxylic acids is 2. The van der Waals surface area contributed by atoms with Crippen molar-refractivity contribution in [3.05, 3.63) is 12.7 Å². The van der Waals surface area contributed by atoms with E-state index in [9.17, 15) is 9.59 Å². The summed E-state index contributed by atoms with van der Waals surface area (Å²) in [5, 5.41) is 0. The van der Waals surface area contributed by atoms with Crippen LogP contribution >= 0.6 is 0 Å². The molecule has 0 spiro atoms. The van der Waals surface area contributed by atoms with Crippen LogP contribution in [0.15, 0.2) is 12.7 Å². The summed E-state index contributed by atoms with van der Waals surface area (Å²) >= 11 is 0. The Balaban J connectivity index is 6.61. The van der Waals surface area contributed by atoms with Crippen molar-refractivity contribution in [2.45, 2.75) is 39.9 Å². The molecular weight excluding hydrogens is 220 g/mol. The van der Waals surface area contributed by atoms with Crippen LogP contribution < -0.4 is 0 Å². The van der Waals surface area contributed by atoms with Crippen molar-refractivity contribution in [3.63, 3.8) is 0 Å². The van der Waals surface area contributed by atoms with Crippen LogP contribution in [0.5, 0.6) is 0 Å². The second-order valence-electron chi connectivity index (χ2n) is 3.09. The molecule has 0 saturated carbocycles. The Morgan fingerprint density at radius 2 is 1.88 bits per heavy atom. The number of allylic oxidation sites excluding steroid dienone is 1. The lowest BCUT2D eigenvalue weighted by molar-refractivity contribution is -0.172. The molecule has 4 nitrogen and oxygen atoms in total. The Hall–Kier alpha value is -1.32. The molecule has 0 aliphatic carbocycles. The maximum absolute atomic E-state index is 12.4. The molecule has 0 aliphatic rings. The minimum Gasteiger partial charge on any atom is -0.465 e. The molecule has 0 aromatic heterocycles. The molecule has 0 radical (unpaired) electrons. The summed E-state index contributed by atoms with van der Waals surface area (Å²) in [4.78, 5) is 24.9. The molecule has 98 valence electrons. The molecule has 0 unspecified atom stereocenters. The average Bonchev–Trinajstić information content (AvgIpc) is 2.43. The fraction of sp³-hybridized carbons (Fsp3) is 0.692. The monoisotopic (exact) mass is 249 g/mol. The summed E-state index contributed by atoms with van der Waals surface area (Å²) in [5.41, 5.74) is -2.83. The number of hydrogen-bond donors (Lipinski definition) is 0. The molecule has 0 N–H and O–H groups in total. The topological polar surface area (TPSA) is 52.6 Å². The molecule has 0 aromatic carbocycles. The van der Waals surface area contributed by atoms with E-state index in [1.165, 1.54) is 13.8 Å². The van der Waals surface area contributed by atoms with Crippen LogP contribution in [0.25, 0.3) is 0 Å². The first-order valence-corrected chi connectivity index (χ1v) is 5.23. The molecule has 0 aromatic rings. The summed E-state index contributed by atoms with van der Waals surface area (Å²) in [7, 11) is 0.